The van der Waals surface area contributed by atoms with Crippen LogP contribution in [0.4, 0.5) is 13.2 Å². The quantitative estimate of drug-likeness (QED) is 0.544. The number of alkyl halides is 3. The molecule has 0 saturated heterocycles. The van der Waals surface area contributed by atoms with Crippen LogP contribution in [0.25, 0.3) is 16.8 Å². The number of imidazole rings is 1. The number of rotatable bonds is 8. The standard InChI is InChI=1S/C20H21F3N4O3S/c1-12(28)25-17(4-6-31-2)19(29)24-8-15-10-27-9-14(13-3-5-30-11-13)7-16(18(27)26-15)20(21,22)23/h3,5,7,9-11,17H,4,6,8H2,1-2H3,(H,24,29)(H,25,28). The molecule has 3 rings (SSSR count). The molecule has 3 aromatic heterocycles. The molecule has 0 radical (unpaired) electrons. The van der Waals surface area contributed by atoms with Gasteiger partial charge in [-0.2, -0.15) is 24.9 Å². The van der Waals surface area contributed by atoms with Gasteiger partial charge in [-0.05, 0) is 30.6 Å². The van der Waals surface area contributed by atoms with Crippen molar-refractivity contribution in [1.82, 2.24) is 20.0 Å². The van der Waals surface area contributed by atoms with E-state index in [0.717, 1.165) is 6.07 Å². The molecule has 0 aliphatic heterocycles. The summed E-state index contributed by atoms with van der Waals surface area (Å²) in [4.78, 5) is 27.9. The monoisotopic (exact) mass is 454 g/mol. The van der Waals surface area contributed by atoms with Crippen molar-refractivity contribution in [2.75, 3.05) is 12.0 Å². The summed E-state index contributed by atoms with van der Waals surface area (Å²) in [6.45, 7) is 1.24. The first-order valence-corrected chi connectivity index (χ1v) is 10.7. The van der Waals surface area contributed by atoms with Crippen molar-refractivity contribution in [3.05, 3.63) is 48.3 Å². The van der Waals surface area contributed by atoms with Gasteiger partial charge in [0.05, 0.1) is 30.3 Å². The highest BCUT2D eigenvalue weighted by molar-refractivity contribution is 7.98. The highest BCUT2D eigenvalue weighted by Gasteiger charge is 2.35. The number of carbonyl (C=O) groups excluding carboxylic acids is 2. The molecule has 1 unspecified atom stereocenters. The van der Waals surface area contributed by atoms with Gasteiger partial charge in [0.15, 0.2) is 0 Å². The second-order valence-electron chi connectivity index (χ2n) is 6.87. The number of hydrogen-bond acceptors (Lipinski definition) is 5. The number of thioether (sulfide) groups is 1. The molecule has 31 heavy (non-hydrogen) atoms. The number of amides is 2. The van der Waals surface area contributed by atoms with Gasteiger partial charge in [0.25, 0.3) is 0 Å². The summed E-state index contributed by atoms with van der Waals surface area (Å²) in [7, 11) is 0. The van der Waals surface area contributed by atoms with E-state index in [2.05, 4.69) is 15.6 Å². The zero-order valence-corrected chi connectivity index (χ0v) is 17.6. The Hall–Kier alpha value is -2.95. The van der Waals surface area contributed by atoms with Crippen molar-refractivity contribution in [3.63, 3.8) is 0 Å². The van der Waals surface area contributed by atoms with Gasteiger partial charge < -0.3 is 19.5 Å². The Labute approximate surface area is 180 Å². The van der Waals surface area contributed by atoms with Gasteiger partial charge in [0.1, 0.15) is 11.7 Å². The van der Waals surface area contributed by atoms with Gasteiger partial charge in [-0.1, -0.05) is 0 Å². The van der Waals surface area contributed by atoms with E-state index in [1.54, 1.807) is 6.07 Å². The smallest absolute Gasteiger partial charge is 0.420 e. The summed E-state index contributed by atoms with van der Waals surface area (Å²) in [5.74, 6) is -0.0923. The van der Waals surface area contributed by atoms with Crippen LogP contribution in [0.5, 0.6) is 0 Å². The number of nitrogens with one attached hydrogen (secondary N) is 2. The molecule has 0 aliphatic rings. The molecular formula is C20H21F3N4O3S. The zero-order valence-electron chi connectivity index (χ0n) is 16.8. The molecule has 0 aliphatic carbocycles. The Morgan fingerprint density at radius 3 is 2.68 bits per heavy atom. The molecular weight excluding hydrogens is 433 g/mol. The largest absolute Gasteiger partial charge is 0.472 e. The predicted octanol–water partition coefficient (Wildman–Crippen LogP) is 3.49. The van der Waals surface area contributed by atoms with Crippen LogP contribution >= 0.6 is 11.8 Å². The maximum absolute atomic E-state index is 13.6. The summed E-state index contributed by atoms with van der Waals surface area (Å²) in [5.41, 5.74) is -0.0634. The topological polar surface area (TPSA) is 88.6 Å². The van der Waals surface area contributed by atoms with E-state index >= 15 is 0 Å². The summed E-state index contributed by atoms with van der Waals surface area (Å²) in [6.07, 6.45) is 3.40. The first-order chi connectivity index (χ1) is 14.7. The lowest BCUT2D eigenvalue weighted by Crippen LogP contribution is -2.46. The third-order valence-corrected chi connectivity index (χ3v) is 5.15. The first-order valence-electron chi connectivity index (χ1n) is 9.34. The maximum Gasteiger partial charge on any atom is 0.420 e. The highest BCUT2D eigenvalue weighted by atomic mass is 32.2. The van der Waals surface area contributed by atoms with Crippen molar-refractivity contribution in [1.29, 1.82) is 0 Å². The molecule has 3 heterocycles. The number of nitrogens with zero attached hydrogens (tertiary/aromatic N) is 2. The Bertz CT molecular complexity index is 1060. The normalized spacial score (nSPS) is 12.7. The molecule has 11 heteroatoms. The summed E-state index contributed by atoms with van der Waals surface area (Å²) in [6, 6.07) is 1.86. The van der Waals surface area contributed by atoms with E-state index < -0.39 is 23.7 Å². The van der Waals surface area contributed by atoms with Crippen LogP contribution in [0, 0.1) is 0 Å². The van der Waals surface area contributed by atoms with Crippen LogP contribution < -0.4 is 10.6 Å². The third-order valence-electron chi connectivity index (χ3n) is 4.51. The lowest BCUT2D eigenvalue weighted by molar-refractivity contribution is -0.136. The van der Waals surface area contributed by atoms with Gasteiger partial charge in [-0.15, -0.1) is 0 Å². The van der Waals surface area contributed by atoms with Crippen LogP contribution in [0.15, 0.2) is 41.5 Å². The van der Waals surface area contributed by atoms with E-state index in [-0.39, 0.29) is 23.8 Å². The number of carbonyl (C=O) groups is 2. The number of furan rings is 1. The average Bonchev–Trinajstić information content (AvgIpc) is 3.36. The summed E-state index contributed by atoms with van der Waals surface area (Å²) < 4.78 is 47.1. The Kier molecular flexibility index (Phi) is 6.94. The van der Waals surface area contributed by atoms with Crippen molar-refractivity contribution in [2.45, 2.75) is 32.1 Å². The van der Waals surface area contributed by atoms with E-state index in [1.165, 1.54) is 48.0 Å². The van der Waals surface area contributed by atoms with Crippen LogP contribution in [0.3, 0.4) is 0 Å². The number of hydrogen-bond donors (Lipinski definition) is 2. The molecule has 0 spiro atoms. The number of pyridine rings is 1. The van der Waals surface area contributed by atoms with Crippen LogP contribution in [-0.2, 0) is 22.3 Å². The van der Waals surface area contributed by atoms with E-state index in [9.17, 15) is 22.8 Å². The number of fused-ring (bicyclic) bond motifs is 1. The average molecular weight is 454 g/mol. The van der Waals surface area contributed by atoms with Crippen LogP contribution in [-0.4, -0.2) is 39.2 Å². The fraction of sp³-hybridized carbons (Fsp3) is 0.350. The SMILES string of the molecule is CSCCC(NC(C)=O)C(=O)NCc1cn2cc(-c3ccoc3)cc(C(F)(F)F)c2n1. The fourth-order valence-corrected chi connectivity index (χ4v) is 3.55. The van der Waals surface area contributed by atoms with E-state index in [4.69, 9.17) is 4.42 Å². The lowest BCUT2D eigenvalue weighted by atomic mass is 10.1. The van der Waals surface area contributed by atoms with Crippen LogP contribution in [0.1, 0.15) is 24.6 Å². The zero-order chi connectivity index (χ0) is 22.6. The maximum atomic E-state index is 13.6. The minimum atomic E-state index is -4.61. The Morgan fingerprint density at radius 1 is 1.29 bits per heavy atom. The molecule has 2 amide bonds. The molecule has 1 atom stereocenters. The fourth-order valence-electron chi connectivity index (χ4n) is 3.08. The van der Waals surface area contributed by atoms with Crippen molar-refractivity contribution in [2.24, 2.45) is 0 Å². The van der Waals surface area contributed by atoms with Gasteiger partial charge in [0, 0.05) is 30.4 Å². The second-order valence-corrected chi connectivity index (χ2v) is 7.85. The van der Waals surface area contributed by atoms with Crippen molar-refractivity contribution < 1.29 is 27.2 Å². The Balaban J connectivity index is 1.84. The molecule has 3 aromatic rings. The van der Waals surface area contributed by atoms with Gasteiger partial charge >= 0.3 is 6.18 Å². The third kappa shape index (κ3) is 5.60. The molecule has 7 nitrogen and oxygen atoms in total. The molecule has 2 N–H and O–H groups in total. The molecule has 0 aromatic carbocycles. The van der Waals surface area contributed by atoms with Crippen molar-refractivity contribution in [3.8, 4) is 11.1 Å². The number of aromatic nitrogens is 2. The predicted molar refractivity (Wildman–Crippen MR) is 110 cm³/mol. The van der Waals surface area contributed by atoms with Crippen LogP contribution in [0.2, 0.25) is 0 Å². The van der Waals surface area contributed by atoms with Gasteiger partial charge in [-0.3, -0.25) is 9.59 Å². The molecule has 166 valence electrons. The lowest BCUT2D eigenvalue weighted by Gasteiger charge is -2.16. The van der Waals surface area contributed by atoms with Gasteiger partial charge in [0.2, 0.25) is 11.8 Å². The molecule has 0 bridgehead atoms. The van der Waals surface area contributed by atoms with E-state index in [0.29, 0.717) is 23.3 Å². The minimum absolute atomic E-state index is 0.0752. The second kappa shape index (κ2) is 9.46. The summed E-state index contributed by atoms with van der Waals surface area (Å²) >= 11 is 1.54. The van der Waals surface area contributed by atoms with E-state index in [1.807, 2.05) is 6.26 Å². The Morgan fingerprint density at radius 2 is 2.06 bits per heavy atom. The van der Waals surface area contributed by atoms with Crippen molar-refractivity contribution >= 4 is 29.2 Å². The first kappa shape index (κ1) is 22.7. The number of halogens is 3. The minimum Gasteiger partial charge on any atom is -0.472 e. The molecule has 0 saturated carbocycles. The van der Waals surface area contributed by atoms with Gasteiger partial charge in [-0.25, -0.2) is 4.98 Å². The summed E-state index contributed by atoms with van der Waals surface area (Å²) in [5, 5.41) is 5.22. The highest BCUT2D eigenvalue weighted by Crippen LogP contribution is 2.35. The molecule has 0 fully saturated rings.